The summed E-state index contributed by atoms with van der Waals surface area (Å²) in [5, 5.41) is 22.3. The Morgan fingerprint density at radius 3 is 2.93 bits per heavy atom. The predicted octanol–water partition coefficient (Wildman–Crippen LogP) is 1.07. The van der Waals surface area contributed by atoms with Crippen LogP contribution in [0.3, 0.4) is 0 Å². The van der Waals surface area contributed by atoms with Gasteiger partial charge in [0.2, 0.25) is 0 Å². The SMILES string of the molecule is C[C@@H](CO)NCc1cccc([N+](=O)[O-])c1. The van der Waals surface area contributed by atoms with Crippen LogP contribution < -0.4 is 5.32 Å². The summed E-state index contributed by atoms with van der Waals surface area (Å²) in [7, 11) is 0. The Kier molecular flexibility index (Phi) is 4.20. The van der Waals surface area contributed by atoms with E-state index in [-0.39, 0.29) is 18.3 Å². The van der Waals surface area contributed by atoms with Gasteiger partial charge in [0.25, 0.3) is 5.69 Å². The summed E-state index contributed by atoms with van der Waals surface area (Å²) in [6, 6.07) is 6.43. The van der Waals surface area contributed by atoms with E-state index in [0.717, 1.165) is 5.56 Å². The van der Waals surface area contributed by atoms with Crippen molar-refractivity contribution in [3.63, 3.8) is 0 Å². The first-order valence-electron chi connectivity index (χ1n) is 4.71. The van der Waals surface area contributed by atoms with Gasteiger partial charge in [0.15, 0.2) is 0 Å². The Morgan fingerprint density at radius 2 is 2.33 bits per heavy atom. The van der Waals surface area contributed by atoms with Gasteiger partial charge in [-0.25, -0.2) is 0 Å². The minimum absolute atomic E-state index is 0.00994. The number of aliphatic hydroxyl groups is 1. The smallest absolute Gasteiger partial charge is 0.269 e. The highest BCUT2D eigenvalue weighted by molar-refractivity contribution is 5.34. The van der Waals surface area contributed by atoms with Crippen LogP contribution in [0.4, 0.5) is 5.69 Å². The van der Waals surface area contributed by atoms with Gasteiger partial charge >= 0.3 is 0 Å². The van der Waals surface area contributed by atoms with E-state index in [2.05, 4.69) is 5.32 Å². The normalized spacial score (nSPS) is 12.4. The Morgan fingerprint density at radius 1 is 1.60 bits per heavy atom. The number of hydrogen-bond acceptors (Lipinski definition) is 4. The molecule has 0 saturated carbocycles. The summed E-state index contributed by atoms with van der Waals surface area (Å²) in [6.45, 7) is 2.41. The van der Waals surface area contributed by atoms with Crippen molar-refractivity contribution in [2.24, 2.45) is 0 Å². The van der Waals surface area contributed by atoms with Gasteiger partial charge in [-0.15, -0.1) is 0 Å². The molecule has 5 nitrogen and oxygen atoms in total. The molecule has 5 heteroatoms. The molecule has 1 rings (SSSR count). The van der Waals surface area contributed by atoms with Crippen LogP contribution in [0, 0.1) is 10.1 Å². The highest BCUT2D eigenvalue weighted by Crippen LogP contribution is 2.12. The number of aliphatic hydroxyl groups excluding tert-OH is 1. The van der Waals surface area contributed by atoms with Crippen molar-refractivity contribution in [3.8, 4) is 0 Å². The number of nitrogens with one attached hydrogen (secondary N) is 1. The summed E-state index contributed by atoms with van der Waals surface area (Å²) in [4.78, 5) is 10.1. The molecule has 0 fully saturated rings. The topological polar surface area (TPSA) is 75.4 Å². The van der Waals surface area contributed by atoms with Crippen molar-refractivity contribution >= 4 is 5.69 Å². The number of nitrogens with zero attached hydrogens (tertiary/aromatic N) is 1. The predicted molar refractivity (Wildman–Crippen MR) is 56.5 cm³/mol. The van der Waals surface area contributed by atoms with Crippen LogP contribution in [-0.2, 0) is 6.54 Å². The van der Waals surface area contributed by atoms with Gasteiger partial charge in [0.1, 0.15) is 0 Å². The van der Waals surface area contributed by atoms with Crippen molar-refractivity contribution in [3.05, 3.63) is 39.9 Å². The summed E-state index contributed by atoms with van der Waals surface area (Å²) < 4.78 is 0. The van der Waals surface area contributed by atoms with Gasteiger partial charge in [-0.1, -0.05) is 12.1 Å². The maximum absolute atomic E-state index is 10.5. The van der Waals surface area contributed by atoms with E-state index in [1.54, 1.807) is 6.07 Å². The number of benzene rings is 1. The van der Waals surface area contributed by atoms with E-state index < -0.39 is 4.92 Å². The molecule has 2 N–H and O–H groups in total. The van der Waals surface area contributed by atoms with Crippen molar-refractivity contribution in [1.82, 2.24) is 5.32 Å². The summed E-state index contributed by atoms with van der Waals surface area (Å²) in [5.41, 5.74) is 0.926. The quantitative estimate of drug-likeness (QED) is 0.563. The molecule has 0 spiro atoms. The maximum Gasteiger partial charge on any atom is 0.269 e. The standard InChI is InChI=1S/C10H14N2O3/c1-8(7-13)11-6-9-3-2-4-10(5-9)12(14)15/h2-5,8,11,13H,6-7H2,1H3/t8-/m0/s1. The van der Waals surface area contributed by atoms with Crippen LogP contribution in [0.25, 0.3) is 0 Å². The van der Waals surface area contributed by atoms with E-state index in [4.69, 9.17) is 5.11 Å². The fraction of sp³-hybridized carbons (Fsp3) is 0.400. The Bertz CT molecular complexity index is 341. The molecule has 0 amide bonds. The molecule has 0 aliphatic heterocycles. The Balaban J connectivity index is 2.62. The lowest BCUT2D eigenvalue weighted by atomic mass is 10.2. The lowest BCUT2D eigenvalue weighted by molar-refractivity contribution is -0.384. The molecule has 0 aromatic heterocycles. The maximum atomic E-state index is 10.5. The fourth-order valence-corrected chi connectivity index (χ4v) is 1.14. The zero-order valence-corrected chi connectivity index (χ0v) is 8.51. The highest BCUT2D eigenvalue weighted by atomic mass is 16.6. The molecule has 1 aromatic rings. The van der Waals surface area contributed by atoms with Crippen LogP contribution in [0.2, 0.25) is 0 Å². The van der Waals surface area contributed by atoms with Gasteiger partial charge in [-0.3, -0.25) is 10.1 Å². The van der Waals surface area contributed by atoms with Gasteiger partial charge in [0.05, 0.1) is 11.5 Å². The summed E-state index contributed by atoms with van der Waals surface area (Å²) in [5.74, 6) is 0. The molecule has 0 aliphatic rings. The largest absolute Gasteiger partial charge is 0.395 e. The zero-order chi connectivity index (χ0) is 11.3. The number of rotatable bonds is 5. The van der Waals surface area contributed by atoms with E-state index >= 15 is 0 Å². The van der Waals surface area contributed by atoms with Crippen LogP contribution in [-0.4, -0.2) is 22.7 Å². The third kappa shape index (κ3) is 3.65. The third-order valence-corrected chi connectivity index (χ3v) is 2.05. The Hall–Kier alpha value is -1.46. The van der Waals surface area contributed by atoms with Gasteiger partial charge in [-0.2, -0.15) is 0 Å². The van der Waals surface area contributed by atoms with Gasteiger partial charge in [-0.05, 0) is 12.5 Å². The van der Waals surface area contributed by atoms with E-state index in [0.29, 0.717) is 6.54 Å². The summed E-state index contributed by atoms with van der Waals surface area (Å²) in [6.07, 6.45) is 0. The van der Waals surface area contributed by atoms with Crippen molar-refractivity contribution < 1.29 is 10.0 Å². The van der Waals surface area contributed by atoms with Crippen LogP contribution in [0.15, 0.2) is 24.3 Å². The fourth-order valence-electron chi connectivity index (χ4n) is 1.14. The first-order valence-corrected chi connectivity index (χ1v) is 4.71. The molecule has 0 unspecified atom stereocenters. The summed E-state index contributed by atoms with van der Waals surface area (Å²) >= 11 is 0. The molecule has 15 heavy (non-hydrogen) atoms. The van der Waals surface area contributed by atoms with Crippen LogP contribution in [0.1, 0.15) is 12.5 Å². The average Bonchev–Trinajstić information content (AvgIpc) is 2.26. The molecule has 0 aliphatic carbocycles. The first kappa shape index (κ1) is 11.6. The second kappa shape index (κ2) is 5.43. The second-order valence-electron chi connectivity index (χ2n) is 3.39. The number of non-ortho nitro benzene ring substituents is 1. The highest BCUT2D eigenvalue weighted by Gasteiger charge is 2.06. The van der Waals surface area contributed by atoms with E-state index in [1.807, 2.05) is 13.0 Å². The molecule has 0 bridgehead atoms. The molecule has 82 valence electrons. The minimum atomic E-state index is -0.418. The zero-order valence-electron chi connectivity index (χ0n) is 8.51. The van der Waals surface area contributed by atoms with Gasteiger partial charge < -0.3 is 10.4 Å². The lowest BCUT2D eigenvalue weighted by Crippen LogP contribution is -2.28. The van der Waals surface area contributed by atoms with Crippen LogP contribution >= 0.6 is 0 Å². The molecule has 1 atom stereocenters. The molecule has 0 saturated heterocycles. The second-order valence-corrected chi connectivity index (χ2v) is 3.39. The molecular formula is C10H14N2O3. The number of nitro groups is 1. The van der Waals surface area contributed by atoms with Crippen molar-refractivity contribution in [1.29, 1.82) is 0 Å². The molecular weight excluding hydrogens is 196 g/mol. The van der Waals surface area contributed by atoms with E-state index in [1.165, 1.54) is 12.1 Å². The lowest BCUT2D eigenvalue weighted by Gasteiger charge is -2.09. The van der Waals surface area contributed by atoms with Gasteiger partial charge in [0, 0.05) is 24.7 Å². The first-order chi connectivity index (χ1) is 7.13. The monoisotopic (exact) mass is 210 g/mol. The number of hydrogen-bond donors (Lipinski definition) is 2. The minimum Gasteiger partial charge on any atom is -0.395 e. The molecule has 0 radical (unpaired) electrons. The van der Waals surface area contributed by atoms with E-state index in [9.17, 15) is 10.1 Å². The van der Waals surface area contributed by atoms with Crippen molar-refractivity contribution in [2.45, 2.75) is 19.5 Å². The third-order valence-electron chi connectivity index (χ3n) is 2.05. The molecule has 0 heterocycles. The Labute approximate surface area is 87.9 Å². The number of nitro benzene ring substituents is 1. The van der Waals surface area contributed by atoms with Crippen LogP contribution in [0.5, 0.6) is 0 Å². The van der Waals surface area contributed by atoms with Crippen molar-refractivity contribution in [2.75, 3.05) is 6.61 Å². The molecule has 1 aromatic carbocycles. The average molecular weight is 210 g/mol.